The molecule has 0 saturated carbocycles. The van der Waals surface area contributed by atoms with Crippen LogP contribution < -0.4 is 5.32 Å². The Balaban J connectivity index is 2.10. The van der Waals surface area contributed by atoms with Crippen LogP contribution in [0, 0.1) is 12.7 Å². The first-order valence-corrected chi connectivity index (χ1v) is 6.78. The number of aryl methyl sites for hydroxylation is 1. The van der Waals surface area contributed by atoms with Crippen molar-refractivity contribution in [2.75, 3.05) is 0 Å². The summed E-state index contributed by atoms with van der Waals surface area (Å²) < 4.78 is 13.8. The molecule has 0 aliphatic rings. The molecule has 0 heterocycles. The summed E-state index contributed by atoms with van der Waals surface area (Å²) >= 11 is 0. The van der Waals surface area contributed by atoms with Gasteiger partial charge < -0.3 is 10.4 Å². The molecule has 2 aromatic rings. The minimum atomic E-state index is -0.388. The Kier molecular flexibility index (Phi) is 4.40. The molecular weight excluding hydrogens is 253 g/mol. The van der Waals surface area contributed by atoms with E-state index in [-0.39, 0.29) is 23.7 Å². The molecule has 2 atom stereocenters. The smallest absolute Gasteiger partial charge is 0.131 e. The van der Waals surface area contributed by atoms with Gasteiger partial charge in [0.05, 0.1) is 0 Å². The number of phenols is 1. The van der Waals surface area contributed by atoms with Crippen LogP contribution in [0.5, 0.6) is 5.75 Å². The van der Waals surface area contributed by atoms with Crippen LogP contribution in [0.1, 0.15) is 42.6 Å². The molecule has 0 bridgehead atoms. The van der Waals surface area contributed by atoms with Gasteiger partial charge in [-0.15, -0.1) is 0 Å². The van der Waals surface area contributed by atoms with Crippen molar-refractivity contribution in [1.82, 2.24) is 5.32 Å². The van der Waals surface area contributed by atoms with Crippen LogP contribution in [0.3, 0.4) is 0 Å². The van der Waals surface area contributed by atoms with Crippen LogP contribution in [0.15, 0.2) is 42.5 Å². The van der Waals surface area contributed by atoms with Gasteiger partial charge in [0.15, 0.2) is 0 Å². The third kappa shape index (κ3) is 3.36. The van der Waals surface area contributed by atoms with E-state index in [1.165, 1.54) is 17.2 Å². The highest BCUT2D eigenvalue weighted by Gasteiger charge is 2.14. The number of halogens is 1. The Morgan fingerprint density at radius 2 is 1.65 bits per heavy atom. The Morgan fingerprint density at radius 3 is 2.25 bits per heavy atom. The summed E-state index contributed by atoms with van der Waals surface area (Å²) in [5.74, 6) is -0.439. The maximum absolute atomic E-state index is 13.8. The third-order valence-corrected chi connectivity index (χ3v) is 3.53. The highest BCUT2D eigenvalue weighted by atomic mass is 19.1. The second kappa shape index (κ2) is 6.06. The SMILES string of the molecule is Cc1ccc(C(C)NC(C)c2ccc(O)cc2F)cc1. The van der Waals surface area contributed by atoms with Crippen molar-refractivity contribution < 1.29 is 9.50 Å². The average molecular weight is 273 g/mol. The minimum absolute atomic E-state index is 0.0509. The van der Waals surface area contributed by atoms with Gasteiger partial charge in [-0.2, -0.15) is 0 Å². The molecule has 106 valence electrons. The fourth-order valence-corrected chi connectivity index (χ4v) is 2.28. The molecule has 0 saturated heterocycles. The van der Waals surface area contributed by atoms with Gasteiger partial charge in [0.2, 0.25) is 0 Å². The van der Waals surface area contributed by atoms with Crippen LogP contribution >= 0.6 is 0 Å². The summed E-state index contributed by atoms with van der Waals surface area (Å²) in [4.78, 5) is 0. The Hall–Kier alpha value is -1.87. The molecule has 2 aromatic carbocycles. The zero-order valence-electron chi connectivity index (χ0n) is 12.0. The van der Waals surface area contributed by atoms with Crippen molar-refractivity contribution in [3.8, 4) is 5.75 Å². The molecule has 2 unspecified atom stereocenters. The van der Waals surface area contributed by atoms with Gasteiger partial charge in [0, 0.05) is 23.7 Å². The molecule has 0 spiro atoms. The lowest BCUT2D eigenvalue weighted by atomic mass is 10.0. The summed E-state index contributed by atoms with van der Waals surface area (Å²) in [5, 5.41) is 12.6. The van der Waals surface area contributed by atoms with Gasteiger partial charge in [-0.1, -0.05) is 35.9 Å². The molecule has 3 heteroatoms. The van der Waals surface area contributed by atoms with Crippen LogP contribution in [0.25, 0.3) is 0 Å². The van der Waals surface area contributed by atoms with Crippen molar-refractivity contribution in [2.24, 2.45) is 0 Å². The summed E-state index contributed by atoms with van der Waals surface area (Å²) in [6, 6.07) is 12.5. The number of hydrogen-bond acceptors (Lipinski definition) is 2. The Labute approximate surface area is 119 Å². The van der Waals surface area contributed by atoms with Gasteiger partial charge in [0.1, 0.15) is 11.6 Å². The van der Waals surface area contributed by atoms with Gasteiger partial charge in [-0.05, 0) is 32.4 Å². The molecule has 2 nitrogen and oxygen atoms in total. The van der Waals surface area contributed by atoms with E-state index < -0.39 is 0 Å². The van der Waals surface area contributed by atoms with Crippen molar-refractivity contribution in [3.63, 3.8) is 0 Å². The molecule has 20 heavy (non-hydrogen) atoms. The normalized spacial score (nSPS) is 14.0. The lowest BCUT2D eigenvalue weighted by Gasteiger charge is -2.21. The topological polar surface area (TPSA) is 32.3 Å². The van der Waals surface area contributed by atoms with Crippen molar-refractivity contribution in [3.05, 3.63) is 65.0 Å². The van der Waals surface area contributed by atoms with E-state index in [0.717, 1.165) is 6.07 Å². The maximum atomic E-state index is 13.8. The number of aromatic hydroxyl groups is 1. The molecular formula is C17H20FNO. The van der Waals surface area contributed by atoms with Gasteiger partial charge in [0.25, 0.3) is 0 Å². The molecule has 0 radical (unpaired) electrons. The third-order valence-electron chi connectivity index (χ3n) is 3.53. The number of nitrogens with one attached hydrogen (secondary N) is 1. The lowest BCUT2D eigenvalue weighted by Crippen LogP contribution is -2.23. The maximum Gasteiger partial charge on any atom is 0.131 e. The molecule has 0 amide bonds. The summed E-state index contributed by atoms with van der Waals surface area (Å²) in [6.07, 6.45) is 0. The number of benzene rings is 2. The zero-order chi connectivity index (χ0) is 14.7. The van der Waals surface area contributed by atoms with E-state index >= 15 is 0 Å². The molecule has 0 aromatic heterocycles. The van der Waals surface area contributed by atoms with Gasteiger partial charge in [-0.25, -0.2) is 4.39 Å². The Bertz CT molecular complexity index is 580. The van der Waals surface area contributed by atoms with Crippen LogP contribution in [0.2, 0.25) is 0 Å². The minimum Gasteiger partial charge on any atom is -0.508 e. The zero-order valence-corrected chi connectivity index (χ0v) is 12.0. The lowest BCUT2D eigenvalue weighted by molar-refractivity contribution is 0.454. The second-order valence-electron chi connectivity index (χ2n) is 5.23. The standard InChI is InChI=1S/C17H20FNO/c1-11-4-6-14(7-5-11)12(2)19-13(3)16-9-8-15(20)10-17(16)18/h4-10,12-13,19-20H,1-3H3. The van der Waals surface area contributed by atoms with Gasteiger partial charge in [-0.3, -0.25) is 0 Å². The fourth-order valence-electron chi connectivity index (χ4n) is 2.28. The van der Waals surface area contributed by atoms with Crippen molar-refractivity contribution in [2.45, 2.75) is 32.9 Å². The highest BCUT2D eigenvalue weighted by molar-refractivity contribution is 5.30. The van der Waals surface area contributed by atoms with E-state index in [4.69, 9.17) is 0 Å². The van der Waals surface area contributed by atoms with Gasteiger partial charge >= 0.3 is 0 Å². The number of phenolic OH excluding ortho intramolecular Hbond substituents is 1. The van der Waals surface area contributed by atoms with Crippen molar-refractivity contribution >= 4 is 0 Å². The first-order valence-electron chi connectivity index (χ1n) is 6.78. The predicted molar refractivity (Wildman–Crippen MR) is 79.2 cm³/mol. The largest absolute Gasteiger partial charge is 0.508 e. The van der Waals surface area contributed by atoms with E-state index in [2.05, 4.69) is 43.4 Å². The first kappa shape index (κ1) is 14.5. The quantitative estimate of drug-likeness (QED) is 0.872. The average Bonchev–Trinajstić information content (AvgIpc) is 2.39. The molecule has 2 rings (SSSR count). The summed E-state index contributed by atoms with van der Waals surface area (Å²) in [6.45, 7) is 6.02. The van der Waals surface area contributed by atoms with E-state index in [9.17, 15) is 9.50 Å². The van der Waals surface area contributed by atoms with E-state index in [1.54, 1.807) is 6.07 Å². The molecule has 2 N–H and O–H groups in total. The highest BCUT2D eigenvalue weighted by Crippen LogP contribution is 2.24. The summed E-state index contributed by atoms with van der Waals surface area (Å²) in [7, 11) is 0. The Morgan fingerprint density at radius 1 is 1.00 bits per heavy atom. The first-order chi connectivity index (χ1) is 9.47. The monoisotopic (exact) mass is 273 g/mol. The molecule has 0 fully saturated rings. The second-order valence-corrected chi connectivity index (χ2v) is 5.23. The summed E-state index contributed by atoms with van der Waals surface area (Å²) in [5.41, 5.74) is 2.95. The van der Waals surface area contributed by atoms with E-state index in [1.807, 2.05) is 6.92 Å². The van der Waals surface area contributed by atoms with Crippen LogP contribution in [-0.2, 0) is 0 Å². The molecule has 0 aliphatic heterocycles. The van der Waals surface area contributed by atoms with Crippen LogP contribution in [0.4, 0.5) is 4.39 Å². The van der Waals surface area contributed by atoms with Crippen molar-refractivity contribution in [1.29, 1.82) is 0 Å². The number of hydrogen-bond donors (Lipinski definition) is 2. The van der Waals surface area contributed by atoms with Crippen LogP contribution in [-0.4, -0.2) is 5.11 Å². The number of rotatable bonds is 4. The predicted octanol–water partition coefficient (Wildman–Crippen LogP) is 4.25. The molecule has 0 aliphatic carbocycles. The van der Waals surface area contributed by atoms with E-state index in [0.29, 0.717) is 5.56 Å². The fraction of sp³-hybridized carbons (Fsp3) is 0.294.